The van der Waals surface area contributed by atoms with Gasteiger partial charge in [-0.05, 0) is 49.2 Å². The molecule has 0 saturated heterocycles. The van der Waals surface area contributed by atoms with Gasteiger partial charge in [-0.2, -0.15) is 10.4 Å². The summed E-state index contributed by atoms with van der Waals surface area (Å²) in [6, 6.07) is 13.9. The summed E-state index contributed by atoms with van der Waals surface area (Å²) in [5, 5.41) is 13.9. The molecular weight excluding hydrogens is 576 g/mol. The Kier molecular flexibility index (Phi) is 11.8. The zero-order chi connectivity index (χ0) is 31.5. The van der Waals surface area contributed by atoms with Gasteiger partial charge < -0.3 is 15.4 Å². The third-order valence-corrected chi connectivity index (χ3v) is 7.31. The van der Waals surface area contributed by atoms with Crippen LogP contribution in [0.4, 0.5) is 8.78 Å². The van der Waals surface area contributed by atoms with E-state index < -0.39 is 11.6 Å². The lowest BCUT2D eigenvalue weighted by Crippen LogP contribution is -2.32. The molecule has 3 heterocycles. The Balaban J connectivity index is 0.000000233. The van der Waals surface area contributed by atoms with Gasteiger partial charge in [-0.25, -0.2) is 8.78 Å². The van der Waals surface area contributed by atoms with Gasteiger partial charge >= 0.3 is 0 Å². The zero-order valence-corrected chi connectivity index (χ0v) is 24.7. The van der Waals surface area contributed by atoms with Crippen molar-refractivity contribution in [3.05, 3.63) is 93.5 Å². The lowest BCUT2D eigenvalue weighted by Gasteiger charge is -2.22. The molecule has 0 fully saturated rings. The van der Waals surface area contributed by atoms with Crippen molar-refractivity contribution in [1.29, 1.82) is 5.26 Å². The number of aldehydes is 2. The molecule has 4 aromatic rings. The molecule has 2 N–H and O–H groups in total. The monoisotopic (exact) mass is 607 g/mol. The van der Waals surface area contributed by atoms with Gasteiger partial charge in [-0.1, -0.05) is 36.5 Å². The third-order valence-electron chi connectivity index (χ3n) is 6.34. The fraction of sp³-hybridized carbons (Fsp3) is 0.258. The third kappa shape index (κ3) is 8.18. The molecule has 43 heavy (non-hydrogen) atoms. The summed E-state index contributed by atoms with van der Waals surface area (Å²) in [5.74, 6) is -1.47. The molecule has 2 aromatic carbocycles. The molecule has 1 atom stereocenters. The van der Waals surface area contributed by atoms with Crippen LogP contribution < -0.4 is 10.5 Å². The van der Waals surface area contributed by atoms with Crippen molar-refractivity contribution in [1.82, 2.24) is 14.7 Å². The summed E-state index contributed by atoms with van der Waals surface area (Å²) < 4.78 is 33.8. The first-order valence-corrected chi connectivity index (χ1v) is 14.1. The SMILES string of the molecule is CC(Cc1cc(F)cc(F)c1)CN(C)C(=O)c1ccccc1C=O.CN.N#Cc1cnn2c1-c1cc(C=O)sc1OCC2. The van der Waals surface area contributed by atoms with E-state index in [2.05, 4.69) is 16.9 Å². The average molecular weight is 608 g/mol. The van der Waals surface area contributed by atoms with E-state index in [1.54, 1.807) is 48.3 Å². The summed E-state index contributed by atoms with van der Waals surface area (Å²) >= 11 is 1.29. The van der Waals surface area contributed by atoms with Gasteiger partial charge in [-0.15, -0.1) is 0 Å². The van der Waals surface area contributed by atoms with Crippen LogP contribution in [0, 0.1) is 28.9 Å². The maximum absolute atomic E-state index is 13.2. The molecule has 0 spiro atoms. The number of nitrogens with two attached hydrogens (primary N) is 1. The van der Waals surface area contributed by atoms with Crippen LogP contribution in [0.15, 0.2) is 54.7 Å². The number of ether oxygens (including phenoxy) is 1. The van der Waals surface area contributed by atoms with Crippen molar-refractivity contribution in [2.45, 2.75) is 19.9 Å². The molecule has 0 saturated carbocycles. The van der Waals surface area contributed by atoms with Gasteiger partial charge in [0.15, 0.2) is 17.6 Å². The maximum Gasteiger partial charge on any atom is 0.254 e. The summed E-state index contributed by atoms with van der Waals surface area (Å²) in [5.41, 5.74) is 7.77. The number of halogens is 2. The van der Waals surface area contributed by atoms with Gasteiger partial charge in [0.25, 0.3) is 5.91 Å². The highest BCUT2D eigenvalue weighted by molar-refractivity contribution is 7.16. The minimum atomic E-state index is -0.610. The molecule has 0 radical (unpaired) electrons. The van der Waals surface area contributed by atoms with Gasteiger partial charge in [0, 0.05) is 25.2 Å². The van der Waals surface area contributed by atoms with E-state index in [9.17, 15) is 23.2 Å². The van der Waals surface area contributed by atoms with Crippen molar-refractivity contribution in [3.63, 3.8) is 0 Å². The second-order valence-corrected chi connectivity index (χ2v) is 10.6. The molecule has 12 heteroatoms. The van der Waals surface area contributed by atoms with Crippen molar-refractivity contribution in [3.8, 4) is 22.4 Å². The number of carbonyl (C=O) groups is 3. The Morgan fingerprint density at radius 2 is 1.88 bits per heavy atom. The molecule has 224 valence electrons. The van der Waals surface area contributed by atoms with Crippen LogP contribution >= 0.6 is 11.3 Å². The first-order valence-electron chi connectivity index (χ1n) is 13.2. The molecule has 5 rings (SSSR count). The van der Waals surface area contributed by atoms with Crippen LogP contribution in [0.2, 0.25) is 0 Å². The standard InChI is InChI=1S/C19H19F2NO2.C11H7N3O2S.CH5N/c1-13(7-14-8-16(20)10-17(21)9-14)11-22(2)19(24)18-6-4-3-5-15(18)12-23;12-4-7-5-13-14-1-2-16-11-9(10(7)14)3-8(6-15)17-11;1-2/h3-6,8-10,12-13H,7,11H2,1-2H3;3,5-6H,1-2H2;2H2,1H3. The number of benzene rings is 2. The molecule has 9 nitrogen and oxygen atoms in total. The van der Waals surface area contributed by atoms with Crippen molar-refractivity contribution < 1.29 is 27.9 Å². The predicted molar refractivity (Wildman–Crippen MR) is 159 cm³/mol. The van der Waals surface area contributed by atoms with Crippen molar-refractivity contribution in [2.24, 2.45) is 11.7 Å². The van der Waals surface area contributed by atoms with E-state index in [0.717, 1.165) is 23.6 Å². The number of nitriles is 1. The molecule has 1 amide bonds. The summed E-state index contributed by atoms with van der Waals surface area (Å²) in [7, 11) is 3.15. The number of carbonyl (C=O) groups excluding carboxylic acids is 3. The van der Waals surface area contributed by atoms with Crippen LogP contribution in [-0.4, -0.2) is 60.4 Å². The summed E-state index contributed by atoms with van der Waals surface area (Å²) in [6.45, 7) is 3.41. The highest BCUT2D eigenvalue weighted by Crippen LogP contribution is 2.40. The number of hydrogen-bond donors (Lipinski definition) is 1. The Morgan fingerprint density at radius 3 is 2.53 bits per heavy atom. The minimum absolute atomic E-state index is 0.00328. The smallest absolute Gasteiger partial charge is 0.254 e. The van der Waals surface area contributed by atoms with Crippen LogP contribution in [0.25, 0.3) is 11.3 Å². The topological polar surface area (TPSA) is 131 Å². The van der Waals surface area contributed by atoms with E-state index >= 15 is 0 Å². The molecule has 1 aliphatic heterocycles. The number of aromatic nitrogens is 2. The largest absolute Gasteiger partial charge is 0.481 e. The van der Waals surface area contributed by atoms with E-state index in [1.807, 2.05) is 6.92 Å². The summed E-state index contributed by atoms with van der Waals surface area (Å²) in [6.07, 6.45) is 3.43. The lowest BCUT2D eigenvalue weighted by molar-refractivity contribution is 0.0772. The van der Waals surface area contributed by atoms with E-state index in [-0.39, 0.29) is 11.8 Å². The average Bonchev–Trinajstić information content (AvgIpc) is 3.56. The molecule has 0 bridgehead atoms. The van der Waals surface area contributed by atoms with Gasteiger partial charge in [0.2, 0.25) is 0 Å². The van der Waals surface area contributed by atoms with E-state index in [1.165, 1.54) is 35.4 Å². The van der Waals surface area contributed by atoms with E-state index in [0.29, 0.717) is 64.6 Å². The highest BCUT2D eigenvalue weighted by Gasteiger charge is 2.23. The molecular formula is C31H31F2N5O4S. The molecule has 1 aliphatic rings. The van der Waals surface area contributed by atoms with Gasteiger partial charge in [-0.3, -0.25) is 19.1 Å². The second kappa shape index (κ2) is 15.5. The summed E-state index contributed by atoms with van der Waals surface area (Å²) in [4.78, 5) is 36.4. The number of thiophene rings is 1. The Morgan fingerprint density at radius 1 is 1.19 bits per heavy atom. The molecule has 2 aromatic heterocycles. The second-order valence-electron chi connectivity index (χ2n) is 9.54. The number of rotatable bonds is 7. The van der Waals surface area contributed by atoms with Gasteiger partial charge in [0.05, 0.1) is 40.0 Å². The lowest BCUT2D eigenvalue weighted by atomic mass is 10.00. The highest BCUT2D eigenvalue weighted by atomic mass is 32.1. The molecule has 0 aliphatic carbocycles. The molecule has 1 unspecified atom stereocenters. The van der Waals surface area contributed by atoms with E-state index in [4.69, 9.17) is 10.00 Å². The fourth-order valence-electron chi connectivity index (χ4n) is 4.61. The normalized spacial score (nSPS) is 11.8. The number of fused-ring (bicyclic) bond motifs is 3. The number of nitrogens with zero attached hydrogens (tertiary/aromatic N) is 4. The number of amides is 1. The van der Waals surface area contributed by atoms with Crippen LogP contribution in [-0.2, 0) is 13.0 Å². The van der Waals surface area contributed by atoms with Crippen LogP contribution in [0.3, 0.4) is 0 Å². The Bertz CT molecular complexity index is 1610. The van der Waals surface area contributed by atoms with Gasteiger partial charge in [0.1, 0.15) is 24.3 Å². The zero-order valence-electron chi connectivity index (χ0n) is 23.9. The number of hydrogen-bond acceptors (Lipinski definition) is 8. The van der Waals surface area contributed by atoms with Crippen molar-refractivity contribution in [2.75, 3.05) is 27.2 Å². The quantitative estimate of drug-likeness (QED) is 0.293. The first-order chi connectivity index (χ1) is 20.7. The first kappa shape index (κ1) is 32.8. The fourth-order valence-corrected chi connectivity index (χ4v) is 5.46. The van der Waals surface area contributed by atoms with Crippen LogP contribution in [0.5, 0.6) is 5.06 Å². The minimum Gasteiger partial charge on any atom is -0.481 e. The maximum atomic E-state index is 13.2. The van der Waals surface area contributed by atoms with Crippen molar-refractivity contribution >= 4 is 29.8 Å². The Labute approximate surface area is 252 Å². The predicted octanol–water partition coefficient (Wildman–Crippen LogP) is 4.99. The Hall–Kier alpha value is -4.73. The van der Waals surface area contributed by atoms with Crippen LogP contribution in [0.1, 0.15) is 48.4 Å².